The molecule has 0 aliphatic carbocycles. The minimum absolute atomic E-state index is 0.313. The highest BCUT2D eigenvalue weighted by Gasteiger charge is 2.30. The zero-order valence-electron chi connectivity index (χ0n) is 16.6. The second kappa shape index (κ2) is 12.3. The van der Waals surface area contributed by atoms with Gasteiger partial charge in [0.15, 0.2) is 0 Å². The molecule has 0 heterocycles. The summed E-state index contributed by atoms with van der Waals surface area (Å²) in [7, 11) is 0. The van der Waals surface area contributed by atoms with E-state index in [0.717, 1.165) is 17.3 Å². The number of carbonyl (C=O) groups is 1. The molecule has 8 heteroatoms. The first-order valence-electron chi connectivity index (χ1n) is 9.51. The Balaban J connectivity index is 1.84. The summed E-state index contributed by atoms with van der Waals surface area (Å²) >= 11 is 0. The fourth-order valence-electron chi connectivity index (χ4n) is 2.38. The lowest BCUT2D eigenvalue weighted by molar-refractivity contribution is -0.155. The maximum absolute atomic E-state index is 11.3. The van der Waals surface area contributed by atoms with Gasteiger partial charge < -0.3 is 25.8 Å². The second-order valence-corrected chi connectivity index (χ2v) is 6.59. The highest BCUT2D eigenvalue weighted by molar-refractivity contribution is 6.05. The molecule has 0 saturated heterocycles. The number of nitriles is 1. The van der Waals surface area contributed by atoms with E-state index in [9.17, 15) is 4.79 Å². The van der Waals surface area contributed by atoms with E-state index in [1.807, 2.05) is 60.7 Å². The Kier molecular flexibility index (Phi) is 9.48. The maximum Gasteiger partial charge on any atom is 0.258 e. The summed E-state index contributed by atoms with van der Waals surface area (Å²) in [6, 6.07) is 21.1. The van der Waals surface area contributed by atoms with Crippen molar-refractivity contribution in [2.24, 2.45) is 16.6 Å². The molecule has 0 aromatic heterocycles. The topological polar surface area (TPSA) is 133 Å². The van der Waals surface area contributed by atoms with E-state index in [0.29, 0.717) is 32.7 Å². The molecule has 0 saturated carbocycles. The summed E-state index contributed by atoms with van der Waals surface area (Å²) in [5.41, 5.74) is 10.7. The standard InChI is InChI=1S/C22H26N4O4/c23-16-22(25,21(24)27)17-26-30-20(29-15-19-10-5-2-6-11-19)12-7-13-28-14-18-8-3-1-4-9-18/h1-6,8-11,17,20H,7,12-15,25H2,(H2,24,27)/t20?,22-/m0/s1. The zero-order valence-corrected chi connectivity index (χ0v) is 16.6. The van der Waals surface area contributed by atoms with E-state index >= 15 is 0 Å². The summed E-state index contributed by atoms with van der Waals surface area (Å²) in [6.07, 6.45) is 1.31. The van der Waals surface area contributed by atoms with Crippen molar-refractivity contribution in [1.29, 1.82) is 5.26 Å². The van der Waals surface area contributed by atoms with E-state index in [2.05, 4.69) is 5.16 Å². The van der Waals surface area contributed by atoms with Gasteiger partial charge in [-0.25, -0.2) is 0 Å². The van der Waals surface area contributed by atoms with Crippen LogP contribution in [0.25, 0.3) is 0 Å². The van der Waals surface area contributed by atoms with Crippen LogP contribution >= 0.6 is 0 Å². The average Bonchev–Trinajstić information content (AvgIpc) is 2.77. The minimum atomic E-state index is -2.04. The van der Waals surface area contributed by atoms with Crippen LogP contribution in [0, 0.1) is 11.3 Å². The number of rotatable bonds is 13. The quantitative estimate of drug-likeness (QED) is 0.225. The van der Waals surface area contributed by atoms with Crippen LogP contribution in [0.1, 0.15) is 24.0 Å². The minimum Gasteiger partial charge on any atom is -0.377 e. The van der Waals surface area contributed by atoms with Crippen molar-refractivity contribution < 1.29 is 19.1 Å². The summed E-state index contributed by atoms with van der Waals surface area (Å²) in [4.78, 5) is 16.6. The van der Waals surface area contributed by atoms with Crippen molar-refractivity contribution in [2.45, 2.75) is 37.9 Å². The van der Waals surface area contributed by atoms with Gasteiger partial charge in [0.2, 0.25) is 11.8 Å². The molecule has 0 aliphatic heterocycles. The van der Waals surface area contributed by atoms with Gasteiger partial charge in [-0.05, 0) is 17.5 Å². The Hall–Kier alpha value is -3.25. The third kappa shape index (κ3) is 8.01. The molecule has 4 N–H and O–H groups in total. The van der Waals surface area contributed by atoms with Crippen LogP contribution in [0.15, 0.2) is 65.8 Å². The van der Waals surface area contributed by atoms with Gasteiger partial charge in [0, 0.05) is 13.0 Å². The monoisotopic (exact) mass is 410 g/mol. The van der Waals surface area contributed by atoms with Crippen molar-refractivity contribution >= 4 is 12.1 Å². The van der Waals surface area contributed by atoms with Gasteiger partial charge in [0.25, 0.3) is 5.91 Å². The summed E-state index contributed by atoms with van der Waals surface area (Å²) in [5, 5.41) is 12.7. The molecule has 158 valence electrons. The Morgan fingerprint density at radius 2 is 1.70 bits per heavy atom. The lowest BCUT2D eigenvalue weighted by Crippen LogP contribution is -2.52. The zero-order chi connectivity index (χ0) is 21.7. The number of amides is 1. The fraction of sp³-hybridized carbons (Fsp3) is 0.318. The Labute approximate surface area is 176 Å². The van der Waals surface area contributed by atoms with Crippen LogP contribution in [0.4, 0.5) is 0 Å². The van der Waals surface area contributed by atoms with Gasteiger partial charge >= 0.3 is 0 Å². The first-order valence-corrected chi connectivity index (χ1v) is 9.51. The molecule has 30 heavy (non-hydrogen) atoms. The van der Waals surface area contributed by atoms with Gasteiger partial charge in [-0.3, -0.25) is 4.79 Å². The van der Waals surface area contributed by atoms with Gasteiger partial charge in [0.05, 0.1) is 19.4 Å². The average molecular weight is 410 g/mol. The second-order valence-electron chi connectivity index (χ2n) is 6.59. The molecular formula is C22H26N4O4. The maximum atomic E-state index is 11.3. The molecule has 0 fully saturated rings. The largest absolute Gasteiger partial charge is 0.377 e. The highest BCUT2D eigenvalue weighted by atomic mass is 16.8. The van der Waals surface area contributed by atoms with Gasteiger partial charge in [0.1, 0.15) is 6.07 Å². The van der Waals surface area contributed by atoms with Crippen LogP contribution in [-0.2, 0) is 32.3 Å². The van der Waals surface area contributed by atoms with Gasteiger partial charge in [-0.1, -0.05) is 65.8 Å². The third-order valence-electron chi connectivity index (χ3n) is 4.15. The predicted octanol–water partition coefficient (Wildman–Crippen LogP) is 2.24. The molecule has 2 atom stereocenters. The molecule has 0 aliphatic rings. The number of nitrogens with zero attached hydrogens (tertiary/aromatic N) is 2. The number of benzene rings is 2. The third-order valence-corrected chi connectivity index (χ3v) is 4.15. The molecular weight excluding hydrogens is 384 g/mol. The first kappa shape index (κ1) is 23.0. The van der Waals surface area contributed by atoms with Crippen molar-refractivity contribution in [3.63, 3.8) is 0 Å². The number of carbonyl (C=O) groups excluding carboxylic acids is 1. The van der Waals surface area contributed by atoms with Crippen LogP contribution in [-0.4, -0.2) is 30.6 Å². The lowest BCUT2D eigenvalue weighted by Gasteiger charge is -2.17. The Morgan fingerprint density at radius 1 is 1.10 bits per heavy atom. The van der Waals surface area contributed by atoms with Crippen molar-refractivity contribution in [3.05, 3.63) is 71.8 Å². The number of primary amides is 1. The number of nitrogens with two attached hydrogens (primary N) is 2. The number of hydrogen-bond acceptors (Lipinski definition) is 7. The Morgan fingerprint density at radius 3 is 2.27 bits per heavy atom. The normalized spacial score (nSPS) is 14.0. The SMILES string of the molecule is N#C[C@](N)(C=NOC(CCCOCc1ccccc1)OCc1ccccc1)C(N)=O. The lowest BCUT2D eigenvalue weighted by atomic mass is 10.1. The molecule has 0 bridgehead atoms. The van der Waals surface area contributed by atoms with Crippen LogP contribution in [0.5, 0.6) is 0 Å². The molecule has 1 unspecified atom stereocenters. The smallest absolute Gasteiger partial charge is 0.258 e. The van der Waals surface area contributed by atoms with E-state index in [4.69, 9.17) is 31.0 Å². The molecule has 2 rings (SSSR count). The number of oxime groups is 1. The van der Waals surface area contributed by atoms with Crippen molar-refractivity contribution in [2.75, 3.05) is 6.61 Å². The van der Waals surface area contributed by atoms with Crippen molar-refractivity contribution in [3.8, 4) is 6.07 Å². The Bertz CT molecular complexity index is 839. The molecule has 8 nitrogen and oxygen atoms in total. The van der Waals surface area contributed by atoms with E-state index in [-0.39, 0.29) is 0 Å². The summed E-state index contributed by atoms with van der Waals surface area (Å²) in [6.45, 7) is 1.34. The molecule has 0 spiro atoms. The number of hydrogen-bond donors (Lipinski definition) is 2. The van der Waals surface area contributed by atoms with Crippen LogP contribution in [0.2, 0.25) is 0 Å². The van der Waals surface area contributed by atoms with E-state index in [1.54, 1.807) is 6.07 Å². The molecule has 2 aromatic rings. The molecule has 0 radical (unpaired) electrons. The first-order chi connectivity index (χ1) is 14.5. The predicted molar refractivity (Wildman–Crippen MR) is 112 cm³/mol. The highest BCUT2D eigenvalue weighted by Crippen LogP contribution is 2.11. The van der Waals surface area contributed by atoms with Crippen molar-refractivity contribution in [1.82, 2.24) is 0 Å². The van der Waals surface area contributed by atoms with E-state index in [1.165, 1.54) is 0 Å². The summed E-state index contributed by atoms with van der Waals surface area (Å²) in [5.74, 6) is -1.02. The van der Waals surface area contributed by atoms with Gasteiger partial charge in [-0.15, -0.1) is 0 Å². The van der Waals surface area contributed by atoms with Crippen LogP contribution in [0.3, 0.4) is 0 Å². The van der Waals surface area contributed by atoms with Gasteiger partial charge in [-0.2, -0.15) is 5.26 Å². The molecule has 2 aromatic carbocycles. The fourth-order valence-corrected chi connectivity index (χ4v) is 2.38. The van der Waals surface area contributed by atoms with Crippen LogP contribution < -0.4 is 11.5 Å². The molecule has 1 amide bonds. The number of ether oxygens (including phenoxy) is 2. The summed E-state index contributed by atoms with van der Waals surface area (Å²) < 4.78 is 11.4. The van der Waals surface area contributed by atoms with E-state index < -0.39 is 17.7 Å².